The van der Waals surface area contributed by atoms with E-state index >= 15 is 0 Å². The number of benzene rings is 8. The van der Waals surface area contributed by atoms with Gasteiger partial charge in [-0.05, 0) is 52.6 Å². The van der Waals surface area contributed by atoms with Gasteiger partial charge < -0.3 is 0 Å². The summed E-state index contributed by atoms with van der Waals surface area (Å²) in [6, 6.07) is 70.7. The maximum absolute atomic E-state index is 5.12. The first-order valence-electron chi connectivity index (χ1n) is 20.1. The highest BCUT2D eigenvalue weighted by atomic mass is 32.1. The number of hydrogen-bond acceptors (Lipinski definition) is 7. The standard InChI is InChI=1S/C54H34N6S/c1-4-15-35(16-5-1)38-21-12-24-41(31-38)51-55-49(36-17-6-2-7-18-36)56-52(59-51)42-25-13-22-39(32-42)40-23-14-26-43(33-40)53-57-50(37-19-8-3-9-20-37)58-54(60-53)44-29-30-46-45-27-10-11-28-47(45)61-48(46)34-44/h1-34H. The van der Waals surface area contributed by atoms with Crippen LogP contribution in [0.5, 0.6) is 0 Å². The lowest BCUT2D eigenvalue weighted by molar-refractivity contribution is 1.07. The molecule has 8 aromatic carbocycles. The van der Waals surface area contributed by atoms with Gasteiger partial charge in [-0.2, -0.15) is 0 Å². The van der Waals surface area contributed by atoms with Crippen molar-refractivity contribution >= 4 is 31.5 Å². The number of nitrogens with zero attached hydrogens (tertiary/aromatic N) is 6. The van der Waals surface area contributed by atoms with E-state index in [0.717, 1.165) is 55.6 Å². The molecule has 286 valence electrons. The Labute approximate surface area is 356 Å². The summed E-state index contributed by atoms with van der Waals surface area (Å²) in [5.74, 6) is 3.68. The maximum atomic E-state index is 5.12. The first kappa shape index (κ1) is 36.1. The average molecular weight is 799 g/mol. The second kappa shape index (κ2) is 15.6. The van der Waals surface area contributed by atoms with Gasteiger partial charge in [-0.3, -0.25) is 0 Å². The van der Waals surface area contributed by atoms with Crippen molar-refractivity contribution in [2.24, 2.45) is 0 Å². The quantitative estimate of drug-likeness (QED) is 0.152. The summed E-state index contributed by atoms with van der Waals surface area (Å²) in [5.41, 5.74) is 9.75. The van der Waals surface area contributed by atoms with Gasteiger partial charge in [-0.25, -0.2) is 29.9 Å². The Bertz CT molecular complexity index is 3370. The predicted molar refractivity (Wildman–Crippen MR) is 250 cm³/mol. The third-order valence-electron chi connectivity index (χ3n) is 10.8. The third-order valence-corrected chi connectivity index (χ3v) is 11.9. The van der Waals surface area contributed by atoms with Gasteiger partial charge in [-0.1, -0.05) is 176 Å². The van der Waals surface area contributed by atoms with Crippen LogP contribution in [-0.4, -0.2) is 29.9 Å². The Morgan fingerprint density at radius 2 is 0.541 bits per heavy atom. The SMILES string of the molecule is c1ccc(-c2cccc(-c3nc(-c4ccccc4)nc(-c4cccc(-c5cccc(-c6nc(-c7ccccc7)nc(-c7ccc8c(c7)sc7ccccc78)n6)c5)c4)n3)c2)cc1. The van der Waals surface area contributed by atoms with Crippen molar-refractivity contribution in [2.75, 3.05) is 0 Å². The Hall–Kier alpha value is -8.00. The second-order valence-corrected chi connectivity index (χ2v) is 15.8. The summed E-state index contributed by atoms with van der Waals surface area (Å²) >= 11 is 1.79. The number of aromatic nitrogens is 6. The van der Waals surface area contributed by atoms with Crippen molar-refractivity contribution < 1.29 is 0 Å². The van der Waals surface area contributed by atoms with Crippen LogP contribution in [0.25, 0.3) is 111 Å². The largest absolute Gasteiger partial charge is 0.208 e. The molecule has 0 bridgehead atoms. The third kappa shape index (κ3) is 7.24. The van der Waals surface area contributed by atoms with Crippen LogP contribution >= 0.6 is 11.3 Å². The summed E-state index contributed by atoms with van der Waals surface area (Å²) in [6.45, 7) is 0. The van der Waals surface area contributed by atoms with Crippen molar-refractivity contribution in [3.8, 4) is 90.6 Å². The summed E-state index contributed by atoms with van der Waals surface area (Å²) in [5, 5.41) is 2.50. The number of hydrogen-bond donors (Lipinski definition) is 0. The molecule has 6 nitrogen and oxygen atoms in total. The van der Waals surface area contributed by atoms with Gasteiger partial charge in [0.2, 0.25) is 0 Å². The van der Waals surface area contributed by atoms with Crippen LogP contribution in [-0.2, 0) is 0 Å². The van der Waals surface area contributed by atoms with Crippen molar-refractivity contribution in [1.82, 2.24) is 29.9 Å². The van der Waals surface area contributed by atoms with Gasteiger partial charge in [0.1, 0.15) is 0 Å². The van der Waals surface area contributed by atoms with E-state index in [0.29, 0.717) is 34.9 Å². The molecule has 11 rings (SSSR count). The summed E-state index contributed by atoms with van der Waals surface area (Å²) in [6.07, 6.45) is 0. The molecule has 0 aliphatic carbocycles. The zero-order chi connectivity index (χ0) is 40.5. The molecule has 61 heavy (non-hydrogen) atoms. The normalized spacial score (nSPS) is 11.3. The van der Waals surface area contributed by atoms with E-state index in [4.69, 9.17) is 29.9 Å². The minimum atomic E-state index is 0.595. The first-order valence-corrected chi connectivity index (χ1v) is 20.9. The van der Waals surface area contributed by atoms with Crippen molar-refractivity contribution in [2.45, 2.75) is 0 Å². The predicted octanol–water partition coefficient (Wildman–Crippen LogP) is 13.8. The summed E-state index contributed by atoms with van der Waals surface area (Å²) < 4.78 is 2.46. The highest BCUT2D eigenvalue weighted by Gasteiger charge is 2.17. The van der Waals surface area contributed by atoms with E-state index in [1.54, 1.807) is 11.3 Å². The van der Waals surface area contributed by atoms with Gasteiger partial charge in [0.25, 0.3) is 0 Å². The van der Waals surface area contributed by atoms with Crippen molar-refractivity contribution in [3.63, 3.8) is 0 Å². The summed E-state index contributed by atoms with van der Waals surface area (Å²) in [7, 11) is 0. The molecule has 7 heteroatoms. The fourth-order valence-corrected chi connectivity index (χ4v) is 8.86. The molecule has 0 saturated heterocycles. The van der Waals surface area contributed by atoms with Crippen LogP contribution in [0.15, 0.2) is 206 Å². The zero-order valence-electron chi connectivity index (χ0n) is 32.7. The van der Waals surface area contributed by atoms with Crippen LogP contribution in [0.3, 0.4) is 0 Å². The molecule has 0 unspecified atom stereocenters. The van der Waals surface area contributed by atoms with Crippen molar-refractivity contribution in [1.29, 1.82) is 0 Å². The molecule has 0 saturated carbocycles. The van der Waals surface area contributed by atoms with Crippen molar-refractivity contribution in [3.05, 3.63) is 206 Å². The van der Waals surface area contributed by atoms with E-state index in [1.165, 1.54) is 20.2 Å². The second-order valence-electron chi connectivity index (χ2n) is 14.8. The summed E-state index contributed by atoms with van der Waals surface area (Å²) in [4.78, 5) is 30.3. The highest BCUT2D eigenvalue weighted by molar-refractivity contribution is 7.25. The van der Waals surface area contributed by atoms with Gasteiger partial charge in [0.05, 0.1) is 0 Å². The lowest BCUT2D eigenvalue weighted by atomic mass is 10.00. The maximum Gasteiger partial charge on any atom is 0.164 e. The van der Waals surface area contributed by atoms with Crippen LogP contribution < -0.4 is 0 Å². The molecule has 0 N–H and O–H groups in total. The van der Waals surface area contributed by atoms with Crippen LogP contribution in [0.2, 0.25) is 0 Å². The molecular weight excluding hydrogens is 765 g/mol. The van der Waals surface area contributed by atoms with E-state index in [-0.39, 0.29) is 0 Å². The number of thiophene rings is 1. The van der Waals surface area contributed by atoms with Gasteiger partial charge in [0, 0.05) is 53.6 Å². The minimum absolute atomic E-state index is 0.595. The molecule has 3 heterocycles. The molecule has 0 atom stereocenters. The molecular formula is C54H34N6S. The van der Waals surface area contributed by atoms with E-state index < -0.39 is 0 Å². The zero-order valence-corrected chi connectivity index (χ0v) is 33.5. The van der Waals surface area contributed by atoms with Crippen LogP contribution in [0, 0.1) is 0 Å². The Morgan fingerprint density at radius 3 is 1.02 bits per heavy atom. The van der Waals surface area contributed by atoms with Crippen LogP contribution in [0.4, 0.5) is 0 Å². The monoisotopic (exact) mass is 798 g/mol. The average Bonchev–Trinajstić information content (AvgIpc) is 3.73. The number of rotatable bonds is 8. The molecule has 0 radical (unpaired) electrons. The fraction of sp³-hybridized carbons (Fsp3) is 0. The van der Waals surface area contributed by atoms with E-state index in [9.17, 15) is 0 Å². The van der Waals surface area contributed by atoms with Gasteiger partial charge >= 0.3 is 0 Å². The lowest BCUT2D eigenvalue weighted by Crippen LogP contribution is -2.00. The van der Waals surface area contributed by atoms with Crippen LogP contribution in [0.1, 0.15) is 0 Å². The fourth-order valence-electron chi connectivity index (χ4n) is 7.71. The molecule has 0 aliphatic heterocycles. The van der Waals surface area contributed by atoms with Gasteiger partial charge in [0.15, 0.2) is 34.9 Å². The Kier molecular flexibility index (Phi) is 9.26. The lowest BCUT2D eigenvalue weighted by Gasteiger charge is -2.11. The highest BCUT2D eigenvalue weighted by Crippen LogP contribution is 2.37. The first-order chi connectivity index (χ1) is 30.2. The van der Waals surface area contributed by atoms with E-state index in [2.05, 4.69) is 140 Å². The van der Waals surface area contributed by atoms with Gasteiger partial charge in [-0.15, -0.1) is 11.3 Å². The molecule has 11 aromatic rings. The molecule has 0 amide bonds. The molecule has 3 aromatic heterocycles. The smallest absolute Gasteiger partial charge is 0.164 e. The Balaban J connectivity index is 0.989. The molecule has 0 aliphatic rings. The topological polar surface area (TPSA) is 77.3 Å². The molecule has 0 spiro atoms. The minimum Gasteiger partial charge on any atom is -0.208 e. The van der Waals surface area contributed by atoms with E-state index in [1.807, 2.05) is 66.7 Å². The molecule has 0 fully saturated rings. The number of fused-ring (bicyclic) bond motifs is 3. The Morgan fingerprint density at radius 1 is 0.213 bits per heavy atom.